The molecule has 2 aromatic carbocycles. The SMILES string of the molecule is Cn1c(-c2cc(O)ccc2O)nc2ccc(F)cc21. The van der Waals surface area contributed by atoms with Gasteiger partial charge in [0, 0.05) is 7.05 Å². The average Bonchev–Trinajstić information content (AvgIpc) is 2.70. The van der Waals surface area contributed by atoms with E-state index in [9.17, 15) is 14.6 Å². The molecule has 0 fully saturated rings. The lowest BCUT2D eigenvalue weighted by Gasteiger charge is -2.05. The highest BCUT2D eigenvalue weighted by Gasteiger charge is 2.14. The van der Waals surface area contributed by atoms with Crippen LogP contribution in [0.5, 0.6) is 11.5 Å². The van der Waals surface area contributed by atoms with Gasteiger partial charge in [0.05, 0.1) is 16.6 Å². The molecule has 3 rings (SSSR count). The number of fused-ring (bicyclic) bond motifs is 1. The number of hydrogen-bond acceptors (Lipinski definition) is 3. The van der Waals surface area contributed by atoms with Crippen molar-refractivity contribution in [3.8, 4) is 22.9 Å². The molecule has 2 N–H and O–H groups in total. The Bertz CT molecular complexity index is 780. The summed E-state index contributed by atoms with van der Waals surface area (Å²) in [5, 5.41) is 19.4. The van der Waals surface area contributed by atoms with Gasteiger partial charge in [0.15, 0.2) is 0 Å². The molecule has 3 aromatic rings. The molecule has 0 saturated carbocycles. The van der Waals surface area contributed by atoms with Gasteiger partial charge in [-0.1, -0.05) is 0 Å². The normalized spacial score (nSPS) is 11.1. The van der Waals surface area contributed by atoms with Crippen LogP contribution in [-0.4, -0.2) is 19.8 Å². The summed E-state index contributed by atoms with van der Waals surface area (Å²) in [5.74, 6) is 0.166. The standard InChI is InChI=1S/C14H11FN2O2/c1-17-12-6-8(15)2-4-11(12)16-14(17)10-7-9(18)3-5-13(10)19/h2-7,18-19H,1H3. The summed E-state index contributed by atoms with van der Waals surface area (Å²) < 4.78 is 14.9. The second-order valence-electron chi connectivity index (χ2n) is 4.33. The predicted octanol–water partition coefficient (Wildman–Crippen LogP) is 2.79. The number of phenols is 2. The smallest absolute Gasteiger partial charge is 0.144 e. The topological polar surface area (TPSA) is 58.3 Å². The monoisotopic (exact) mass is 258 g/mol. The number of hydrogen-bond donors (Lipinski definition) is 2. The van der Waals surface area contributed by atoms with Crippen molar-refractivity contribution in [2.75, 3.05) is 0 Å². The van der Waals surface area contributed by atoms with E-state index in [1.165, 1.54) is 30.3 Å². The highest BCUT2D eigenvalue weighted by Crippen LogP contribution is 2.33. The van der Waals surface area contributed by atoms with E-state index in [1.807, 2.05) is 0 Å². The molecule has 0 aliphatic heterocycles. The van der Waals surface area contributed by atoms with Crippen LogP contribution in [0.15, 0.2) is 36.4 Å². The van der Waals surface area contributed by atoms with Crippen LogP contribution < -0.4 is 0 Å². The summed E-state index contributed by atoms with van der Waals surface area (Å²) in [7, 11) is 1.73. The van der Waals surface area contributed by atoms with Crippen molar-refractivity contribution in [3.05, 3.63) is 42.2 Å². The zero-order valence-corrected chi connectivity index (χ0v) is 10.1. The zero-order chi connectivity index (χ0) is 13.6. The van der Waals surface area contributed by atoms with Gasteiger partial charge < -0.3 is 14.8 Å². The first-order valence-corrected chi connectivity index (χ1v) is 5.70. The number of halogens is 1. The third-order valence-corrected chi connectivity index (χ3v) is 3.06. The largest absolute Gasteiger partial charge is 0.508 e. The first-order valence-electron chi connectivity index (χ1n) is 5.70. The molecular weight excluding hydrogens is 247 g/mol. The summed E-state index contributed by atoms with van der Waals surface area (Å²) in [6.07, 6.45) is 0. The second-order valence-corrected chi connectivity index (χ2v) is 4.33. The molecule has 0 aliphatic rings. The number of nitrogens with zero attached hydrogens (tertiary/aromatic N) is 2. The number of rotatable bonds is 1. The number of imidazole rings is 1. The molecule has 0 radical (unpaired) electrons. The Labute approximate surface area is 108 Å². The number of aryl methyl sites for hydroxylation is 1. The summed E-state index contributed by atoms with van der Waals surface area (Å²) >= 11 is 0. The van der Waals surface area contributed by atoms with Gasteiger partial charge in [-0.2, -0.15) is 0 Å². The third kappa shape index (κ3) is 1.79. The van der Waals surface area contributed by atoms with Gasteiger partial charge in [-0.15, -0.1) is 0 Å². The Kier molecular flexibility index (Phi) is 2.41. The average molecular weight is 258 g/mol. The van der Waals surface area contributed by atoms with Gasteiger partial charge in [0.1, 0.15) is 23.1 Å². The van der Waals surface area contributed by atoms with Gasteiger partial charge in [-0.25, -0.2) is 9.37 Å². The third-order valence-electron chi connectivity index (χ3n) is 3.06. The van der Waals surface area contributed by atoms with Crippen LogP contribution in [0.4, 0.5) is 4.39 Å². The van der Waals surface area contributed by atoms with E-state index in [-0.39, 0.29) is 17.3 Å². The fourth-order valence-electron chi connectivity index (χ4n) is 2.11. The minimum atomic E-state index is -0.345. The van der Waals surface area contributed by atoms with Crippen LogP contribution in [0.3, 0.4) is 0 Å². The molecule has 5 heteroatoms. The fraction of sp³-hybridized carbons (Fsp3) is 0.0714. The van der Waals surface area contributed by atoms with Gasteiger partial charge in [0.25, 0.3) is 0 Å². The molecule has 0 bridgehead atoms. The molecule has 1 aromatic heterocycles. The fourth-order valence-corrected chi connectivity index (χ4v) is 2.11. The van der Waals surface area contributed by atoms with E-state index in [0.29, 0.717) is 22.4 Å². The van der Waals surface area contributed by atoms with Gasteiger partial charge in [0.2, 0.25) is 0 Å². The predicted molar refractivity (Wildman–Crippen MR) is 69.4 cm³/mol. The molecule has 4 nitrogen and oxygen atoms in total. The van der Waals surface area contributed by atoms with Gasteiger partial charge >= 0.3 is 0 Å². The number of aromatic nitrogens is 2. The molecule has 0 amide bonds. The number of phenolic OH excluding ortho intramolecular Hbond substituents is 2. The summed E-state index contributed by atoms with van der Waals surface area (Å²) in [6, 6.07) is 8.50. The maximum absolute atomic E-state index is 13.2. The Morgan fingerprint density at radius 1 is 1.11 bits per heavy atom. The van der Waals surface area contributed by atoms with Crippen LogP contribution in [0.1, 0.15) is 0 Å². The van der Waals surface area contributed by atoms with Gasteiger partial charge in [-0.3, -0.25) is 0 Å². The lowest BCUT2D eigenvalue weighted by molar-refractivity contribution is 0.461. The highest BCUT2D eigenvalue weighted by molar-refractivity contribution is 5.82. The summed E-state index contributed by atoms with van der Waals surface area (Å²) in [4.78, 5) is 4.35. The molecular formula is C14H11FN2O2. The van der Waals surface area contributed by atoms with Crippen LogP contribution in [0, 0.1) is 5.82 Å². The Morgan fingerprint density at radius 2 is 1.89 bits per heavy atom. The lowest BCUT2D eigenvalue weighted by Crippen LogP contribution is -1.93. The van der Waals surface area contributed by atoms with Crippen LogP contribution >= 0.6 is 0 Å². The quantitative estimate of drug-likeness (QED) is 0.660. The lowest BCUT2D eigenvalue weighted by atomic mass is 10.2. The Balaban J connectivity index is 2.31. The van der Waals surface area contributed by atoms with Crippen molar-refractivity contribution >= 4 is 11.0 Å². The van der Waals surface area contributed by atoms with E-state index in [4.69, 9.17) is 0 Å². The second kappa shape index (κ2) is 3.98. The van der Waals surface area contributed by atoms with Crippen LogP contribution in [-0.2, 0) is 7.05 Å². The van der Waals surface area contributed by atoms with E-state index in [1.54, 1.807) is 17.7 Å². The van der Waals surface area contributed by atoms with Gasteiger partial charge in [-0.05, 0) is 36.4 Å². The van der Waals surface area contributed by atoms with Crippen molar-refractivity contribution in [1.29, 1.82) is 0 Å². The molecule has 0 saturated heterocycles. The van der Waals surface area contributed by atoms with Crippen molar-refractivity contribution in [2.24, 2.45) is 7.05 Å². The molecule has 0 spiro atoms. The Morgan fingerprint density at radius 3 is 2.68 bits per heavy atom. The van der Waals surface area contributed by atoms with Crippen molar-refractivity contribution in [2.45, 2.75) is 0 Å². The molecule has 19 heavy (non-hydrogen) atoms. The number of benzene rings is 2. The first-order chi connectivity index (χ1) is 9.06. The van der Waals surface area contributed by atoms with E-state index >= 15 is 0 Å². The molecule has 96 valence electrons. The summed E-state index contributed by atoms with van der Waals surface area (Å²) in [6.45, 7) is 0. The number of aromatic hydroxyl groups is 2. The maximum Gasteiger partial charge on any atom is 0.144 e. The van der Waals surface area contributed by atoms with Crippen LogP contribution in [0.25, 0.3) is 22.4 Å². The van der Waals surface area contributed by atoms with Crippen molar-refractivity contribution < 1.29 is 14.6 Å². The van der Waals surface area contributed by atoms with E-state index < -0.39 is 0 Å². The first kappa shape index (κ1) is 11.5. The van der Waals surface area contributed by atoms with E-state index in [2.05, 4.69) is 4.98 Å². The maximum atomic E-state index is 13.2. The molecule has 0 aliphatic carbocycles. The molecule has 0 atom stereocenters. The summed E-state index contributed by atoms with van der Waals surface area (Å²) in [5.41, 5.74) is 1.65. The minimum Gasteiger partial charge on any atom is -0.508 e. The highest BCUT2D eigenvalue weighted by atomic mass is 19.1. The zero-order valence-electron chi connectivity index (χ0n) is 10.1. The van der Waals surface area contributed by atoms with E-state index in [0.717, 1.165) is 0 Å². The Hall–Kier alpha value is -2.56. The minimum absolute atomic E-state index is 0.0108. The van der Waals surface area contributed by atoms with Crippen molar-refractivity contribution in [3.63, 3.8) is 0 Å². The molecule has 0 unspecified atom stereocenters. The van der Waals surface area contributed by atoms with Crippen molar-refractivity contribution in [1.82, 2.24) is 9.55 Å². The van der Waals surface area contributed by atoms with Crippen LogP contribution in [0.2, 0.25) is 0 Å². The molecule has 1 heterocycles.